The lowest BCUT2D eigenvalue weighted by atomic mass is 9.94. The van der Waals surface area contributed by atoms with Gasteiger partial charge in [-0.15, -0.1) is 0 Å². The zero-order chi connectivity index (χ0) is 21.1. The van der Waals surface area contributed by atoms with Crippen molar-refractivity contribution in [3.63, 3.8) is 0 Å². The minimum atomic E-state index is -0.992. The van der Waals surface area contributed by atoms with Gasteiger partial charge in [0.1, 0.15) is 11.6 Å². The molecule has 1 aromatic carbocycles. The van der Waals surface area contributed by atoms with Gasteiger partial charge in [0.25, 0.3) is 0 Å². The normalized spacial score (nSPS) is 14.5. The van der Waals surface area contributed by atoms with Crippen molar-refractivity contribution < 1.29 is 23.5 Å². The second-order valence-electron chi connectivity index (χ2n) is 6.92. The van der Waals surface area contributed by atoms with Gasteiger partial charge in [0.2, 0.25) is 11.8 Å². The molecule has 3 N–H and O–H groups in total. The first kappa shape index (κ1) is 23.8. The van der Waals surface area contributed by atoms with E-state index in [0.29, 0.717) is 12.0 Å². The molecule has 5 nitrogen and oxygen atoms in total. The molecule has 0 fully saturated rings. The van der Waals surface area contributed by atoms with Crippen molar-refractivity contribution in [2.45, 2.75) is 71.1 Å². The third kappa shape index (κ3) is 9.08. The second-order valence-corrected chi connectivity index (χ2v) is 6.92. The summed E-state index contributed by atoms with van der Waals surface area (Å²) in [4.78, 5) is 23.5. The molecule has 0 aliphatic heterocycles. The quantitative estimate of drug-likeness (QED) is 0.503. The molecule has 3 atom stereocenters. The summed E-state index contributed by atoms with van der Waals surface area (Å²) >= 11 is 0. The molecule has 0 saturated carbocycles. The molecule has 0 bridgehead atoms. The van der Waals surface area contributed by atoms with E-state index in [1.165, 1.54) is 19.1 Å². The van der Waals surface area contributed by atoms with Gasteiger partial charge in [0, 0.05) is 25.5 Å². The van der Waals surface area contributed by atoms with Crippen LogP contribution in [0.3, 0.4) is 0 Å². The van der Waals surface area contributed by atoms with Gasteiger partial charge >= 0.3 is 0 Å². The third-order valence-corrected chi connectivity index (χ3v) is 4.30. The Balaban J connectivity index is 2.86. The van der Waals surface area contributed by atoms with Crippen LogP contribution in [0.25, 0.3) is 0 Å². The number of aliphatic hydroxyl groups is 1. The maximum Gasteiger partial charge on any atom is 0.224 e. The lowest BCUT2D eigenvalue weighted by Gasteiger charge is -2.28. The number of carbonyl (C=O) groups is 2. The predicted octanol–water partition coefficient (Wildman–Crippen LogP) is 3.01. The first-order valence-electron chi connectivity index (χ1n) is 9.55. The Bertz CT molecular complexity index is 659. The molecule has 1 rings (SSSR count). The Morgan fingerprint density at radius 2 is 1.82 bits per heavy atom. The Morgan fingerprint density at radius 1 is 1.18 bits per heavy atom. The van der Waals surface area contributed by atoms with Crippen molar-refractivity contribution in [2.24, 2.45) is 0 Å². The van der Waals surface area contributed by atoms with Crippen molar-refractivity contribution in [1.82, 2.24) is 10.6 Å². The summed E-state index contributed by atoms with van der Waals surface area (Å²) in [6.45, 7) is 5.11. The van der Waals surface area contributed by atoms with Gasteiger partial charge in [-0.3, -0.25) is 9.59 Å². The topological polar surface area (TPSA) is 78.4 Å². The zero-order valence-corrected chi connectivity index (χ0v) is 16.7. The summed E-state index contributed by atoms with van der Waals surface area (Å²) in [5.41, 5.74) is 0.333. The first-order valence-corrected chi connectivity index (χ1v) is 9.55. The van der Waals surface area contributed by atoms with Gasteiger partial charge in [-0.1, -0.05) is 25.5 Å². The van der Waals surface area contributed by atoms with Crippen LogP contribution < -0.4 is 10.6 Å². The van der Waals surface area contributed by atoms with E-state index >= 15 is 0 Å². The van der Waals surface area contributed by atoms with E-state index in [1.54, 1.807) is 12.2 Å². The molecule has 1 unspecified atom stereocenters. The van der Waals surface area contributed by atoms with Crippen molar-refractivity contribution in [1.29, 1.82) is 0 Å². The van der Waals surface area contributed by atoms with Crippen LogP contribution >= 0.6 is 0 Å². The van der Waals surface area contributed by atoms with Crippen molar-refractivity contribution in [3.05, 3.63) is 47.5 Å². The molecule has 1 aromatic rings. The number of nitrogens with one attached hydrogen (secondary N) is 2. The van der Waals surface area contributed by atoms with Crippen LogP contribution in [-0.4, -0.2) is 35.1 Å². The van der Waals surface area contributed by atoms with Crippen LogP contribution in [0.2, 0.25) is 0 Å². The molecule has 0 aliphatic carbocycles. The van der Waals surface area contributed by atoms with Gasteiger partial charge < -0.3 is 15.7 Å². The lowest BCUT2D eigenvalue weighted by Crippen LogP contribution is -2.47. The van der Waals surface area contributed by atoms with Crippen LogP contribution in [0, 0.1) is 11.6 Å². The molecule has 0 radical (unpaired) electrons. The number of allylic oxidation sites excluding steroid dienone is 1. The van der Waals surface area contributed by atoms with Crippen LogP contribution in [0.4, 0.5) is 8.78 Å². The van der Waals surface area contributed by atoms with E-state index in [-0.39, 0.29) is 37.1 Å². The smallest absolute Gasteiger partial charge is 0.224 e. The van der Waals surface area contributed by atoms with E-state index in [9.17, 15) is 23.5 Å². The average molecular weight is 396 g/mol. The fraction of sp³-hybridized carbons (Fsp3) is 0.524. The summed E-state index contributed by atoms with van der Waals surface area (Å²) < 4.78 is 26.9. The summed E-state index contributed by atoms with van der Waals surface area (Å²) in [5, 5.41) is 16.2. The number of hydrogen-bond acceptors (Lipinski definition) is 3. The Labute approximate surface area is 165 Å². The van der Waals surface area contributed by atoms with E-state index in [4.69, 9.17) is 0 Å². The van der Waals surface area contributed by atoms with Gasteiger partial charge in [-0.05, 0) is 43.9 Å². The van der Waals surface area contributed by atoms with Gasteiger partial charge in [0.05, 0.1) is 12.1 Å². The number of benzene rings is 1. The molecule has 0 aromatic heterocycles. The Morgan fingerprint density at radius 3 is 2.36 bits per heavy atom. The Hall–Kier alpha value is -2.28. The summed E-state index contributed by atoms with van der Waals surface area (Å²) in [5.74, 6) is -1.94. The molecule has 0 spiro atoms. The third-order valence-electron chi connectivity index (χ3n) is 4.30. The number of aliphatic hydroxyl groups excluding tert-OH is 1. The number of carbonyl (C=O) groups excluding carboxylic acids is 2. The van der Waals surface area contributed by atoms with Gasteiger partial charge in [0.15, 0.2) is 0 Å². The molecule has 0 heterocycles. The molecular formula is C21H30F2N2O3. The van der Waals surface area contributed by atoms with Crippen molar-refractivity contribution in [3.8, 4) is 0 Å². The standard InChI is InChI=1S/C21H30F2N2O3/c1-4-6-8-21(28)25-18(7-5-2)13-20(27)19(24-14(3)26)11-15-9-16(22)12-17(23)10-15/h4,6,9-10,12,18-20,27H,5,7-8,11,13H2,1-3H3,(H,24,26)(H,25,28)/b6-4+/t18?,19-,20-/m0/s1. The molecule has 0 saturated heterocycles. The van der Waals surface area contributed by atoms with Crippen molar-refractivity contribution in [2.75, 3.05) is 0 Å². The minimum absolute atomic E-state index is 0.0702. The van der Waals surface area contributed by atoms with E-state index in [1.807, 2.05) is 13.8 Å². The predicted molar refractivity (Wildman–Crippen MR) is 105 cm³/mol. The second kappa shape index (κ2) is 12.2. The maximum atomic E-state index is 13.5. The van der Waals surface area contributed by atoms with Crippen LogP contribution in [-0.2, 0) is 16.0 Å². The molecular weight excluding hydrogens is 366 g/mol. The Kier molecular flexibility index (Phi) is 10.4. The number of halogens is 2. The fourth-order valence-electron chi connectivity index (χ4n) is 3.09. The number of amides is 2. The van der Waals surface area contributed by atoms with Crippen LogP contribution in [0.5, 0.6) is 0 Å². The van der Waals surface area contributed by atoms with Crippen LogP contribution in [0.1, 0.15) is 52.0 Å². The zero-order valence-electron chi connectivity index (χ0n) is 16.7. The largest absolute Gasteiger partial charge is 0.391 e. The molecule has 156 valence electrons. The molecule has 0 aliphatic rings. The summed E-state index contributed by atoms with van der Waals surface area (Å²) in [7, 11) is 0. The highest BCUT2D eigenvalue weighted by atomic mass is 19.1. The van der Waals surface area contributed by atoms with Gasteiger partial charge in [-0.2, -0.15) is 0 Å². The monoisotopic (exact) mass is 396 g/mol. The highest BCUT2D eigenvalue weighted by Gasteiger charge is 2.25. The molecule has 28 heavy (non-hydrogen) atoms. The van der Waals surface area contributed by atoms with E-state index in [0.717, 1.165) is 12.5 Å². The summed E-state index contributed by atoms with van der Waals surface area (Å²) in [6, 6.07) is 2.12. The average Bonchev–Trinajstić information content (AvgIpc) is 2.58. The van der Waals surface area contributed by atoms with E-state index in [2.05, 4.69) is 10.6 Å². The first-order chi connectivity index (χ1) is 13.2. The highest BCUT2D eigenvalue weighted by molar-refractivity contribution is 5.77. The number of hydrogen-bond donors (Lipinski definition) is 3. The van der Waals surface area contributed by atoms with Crippen molar-refractivity contribution >= 4 is 11.8 Å². The SMILES string of the molecule is C/C=C/CC(=O)NC(CCC)C[C@H](O)[C@H](Cc1cc(F)cc(F)c1)NC(C)=O. The fourth-order valence-corrected chi connectivity index (χ4v) is 3.09. The molecule has 7 heteroatoms. The highest BCUT2D eigenvalue weighted by Crippen LogP contribution is 2.15. The molecule has 2 amide bonds. The van der Waals surface area contributed by atoms with E-state index < -0.39 is 23.8 Å². The summed E-state index contributed by atoms with van der Waals surface area (Å²) in [6.07, 6.45) is 4.56. The maximum absolute atomic E-state index is 13.5. The van der Waals surface area contributed by atoms with Crippen LogP contribution in [0.15, 0.2) is 30.4 Å². The van der Waals surface area contributed by atoms with Gasteiger partial charge in [-0.25, -0.2) is 8.78 Å². The minimum Gasteiger partial charge on any atom is -0.391 e. The number of rotatable bonds is 11. The lowest BCUT2D eigenvalue weighted by molar-refractivity contribution is -0.122.